The fourth-order valence-electron chi connectivity index (χ4n) is 4.21. The third-order valence-electron chi connectivity index (χ3n) is 5.99. The van der Waals surface area contributed by atoms with Crippen LogP contribution in [0.2, 0.25) is 0 Å². The summed E-state index contributed by atoms with van der Waals surface area (Å²) in [7, 11) is 2.22. The van der Waals surface area contributed by atoms with E-state index in [0.29, 0.717) is 17.9 Å². The van der Waals surface area contributed by atoms with E-state index in [1.165, 1.54) is 19.3 Å². The van der Waals surface area contributed by atoms with Gasteiger partial charge in [0.1, 0.15) is 0 Å². The Labute approximate surface area is 149 Å². The van der Waals surface area contributed by atoms with Gasteiger partial charge < -0.3 is 14.5 Å². The van der Waals surface area contributed by atoms with Gasteiger partial charge in [-0.1, -0.05) is 12.1 Å². The molecule has 0 aromatic heterocycles. The van der Waals surface area contributed by atoms with Crippen LogP contribution in [0.3, 0.4) is 0 Å². The fraction of sp³-hybridized carbons (Fsp3) is 0.600. The zero-order valence-electron chi connectivity index (χ0n) is 15.6. The van der Waals surface area contributed by atoms with E-state index in [1.807, 2.05) is 19.1 Å². The average molecular weight is 345 g/mol. The number of carbonyl (C=O) groups is 2. The Kier molecular flexibility index (Phi) is 4.87. The van der Waals surface area contributed by atoms with Crippen LogP contribution in [-0.4, -0.2) is 48.6 Å². The standard InChI is InChI=1S/C20H28N2O3/c1-4-25-18(23)16-10-8-9-15(2)17(16)21-19(24)20(11-12-20)22(3)13-6-5-7-14-22/h8-10H,4-7,11-14H2,1-3H3/p+1. The first-order chi connectivity index (χ1) is 11.9. The molecule has 1 saturated heterocycles. The van der Waals surface area contributed by atoms with Gasteiger partial charge in [0, 0.05) is 12.8 Å². The zero-order valence-corrected chi connectivity index (χ0v) is 15.6. The van der Waals surface area contributed by atoms with Crippen LogP contribution < -0.4 is 5.32 Å². The number of likely N-dealkylation sites (tertiary alicyclic amines) is 1. The van der Waals surface area contributed by atoms with E-state index < -0.39 is 0 Å². The average Bonchev–Trinajstić information content (AvgIpc) is 3.40. The Hall–Kier alpha value is -1.88. The van der Waals surface area contributed by atoms with Crippen LogP contribution >= 0.6 is 0 Å². The molecule has 1 N–H and O–H groups in total. The number of anilines is 1. The Morgan fingerprint density at radius 1 is 1.20 bits per heavy atom. The molecule has 1 heterocycles. The van der Waals surface area contributed by atoms with Crippen molar-refractivity contribution in [1.29, 1.82) is 0 Å². The normalized spacial score (nSPS) is 20.6. The number of rotatable bonds is 5. The van der Waals surface area contributed by atoms with Crippen molar-refractivity contribution in [3.8, 4) is 0 Å². The molecule has 5 heteroatoms. The lowest BCUT2D eigenvalue weighted by molar-refractivity contribution is -0.938. The van der Waals surface area contributed by atoms with Gasteiger partial charge in [0.25, 0.3) is 5.91 Å². The van der Waals surface area contributed by atoms with Gasteiger partial charge in [-0.15, -0.1) is 0 Å². The molecular weight excluding hydrogens is 316 g/mol. The SMILES string of the molecule is CCOC(=O)c1cccc(C)c1NC(=O)C1([N+]2(C)CCCCC2)CC1. The summed E-state index contributed by atoms with van der Waals surface area (Å²) >= 11 is 0. The summed E-state index contributed by atoms with van der Waals surface area (Å²) in [5.74, 6) is -0.332. The maximum atomic E-state index is 13.2. The van der Waals surface area contributed by atoms with Gasteiger partial charge in [0.05, 0.1) is 38.0 Å². The van der Waals surface area contributed by atoms with Crippen molar-refractivity contribution in [2.24, 2.45) is 0 Å². The molecule has 0 bridgehead atoms. The summed E-state index contributed by atoms with van der Waals surface area (Å²) < 4.78 is 5.98. The highest BCUT2D eigenvalue weighted by molar-refractivity contribution is 6.05. The summed E-state index contributed by atoms with van der Waals surface area (Å²) in [5, 5.41) is 3.09. The second-order valence-corrected chi connectivity index (χ2v) is 7.61. The Balaban J connectivity index is 1.85. The third-order valence-corrected chi connectivity index (χ3v) is 5.99. The number of piperidine rings is 1. The quantitative estimate of drug-likeness (QED) is 0.658. The van der Waals surface area contributed by atoms with Gasteiger partial charge in [-0.3, -0.25) is 4.79 Å². The Morgan fingerprint density at radius 3 is 2.48 bits per heavy atom. The number of nitrogens with one attached hydrogen (secondary N) is 1. The number of nitrogens with zero attached hydrogens (tertiary/aromatic N) is 1. The molecule has 1 aliphatic heterocycles. The first kappa shape index (κ1) is 17.9. The zero-order chi connectivity index (χ0) is 18.1. The molecule has 0 radical (unpaired) electrons. The maximum absolute atomic E-state index is 13.2. The molecule has 0 atom stereocenters. The van der Waals surface area contributed by atoms with Crippen LogP contribution in [0.25, 0.3) is 0 Å². The predicted molar refractivity (Wildman–Crippen MR) is 97.5 cm³/mol. The highest BCUT2D eigenvalue weighted by atomic mass is 16.5. The molecule has 2 fully saturated rings. The van der Waals surface area contributed by atoms with Gasteiger partial charge in [0.15, 0.2) is 5.54 Å². The second kappa shape index (κ2) is 6.79. The van der Waals surface area contributed by atoms with E-state index in [0.717, 1.165) is 36.0 Å². The molecule has 0 spiro atoms. The first-order valence-corrected chi connectivity index (χ1v) is 9.36. The summed E-state index contributed by atoms with van der Waals surface area (Å²) in [5.41, 5.74) is 1.60. The van der Waals surface area contributed by atoms with E-state index in [-0.39, 0.29) is 17.4 Å². The van der Waals surface area contributed by atoms with Crippen LogP contribution in [0.15, 0.2) is 18.2 Å². The number of likely N-dealkylation sites (N-methyl/N-ethyl adjacent to an activating group) is 1. The number of aryl methyl sites for hydroxylation is 1. The van der Waals surface area contributed by atoms with E-state index in [2.05, 4.69) is 12.4 Å². The van der Waals surface area contributed by atoms with Gasteiger partial charge in [-0.2, -0.15) is 0 Å². The number of carbonyl (C=O) groups excluding carboxylic acids is 2. The minimum Gasteiger partial charge on any atom is -0.462 e. The lowest BCUT2D eigenvalue weighted by atomic mass is 10.0. The first-order valence-electron chi connectivity index (χ1n) is 9.36. The molecule has 1 aliphatic carbocycles. The number of amides is 1. The number of hydrogen-bond donors (Lipinski definition) is 1. The van der Waals surface area contributed by atoms with Crippen molar-refractivity contribution >= 4 is 17.6 Å². The number of ether oxygens (including phenoxy) is 1. The Bertz CT molecular complexity index is 674. The van der Waals surface area contributed by atoms with Crippen LogP contribution in [0.5, 0.6) is 0 Å². The number of benzene rings is 1. The summed E-state index contributed by atoms with van der Waals surface area (Å²) in [6, 6.07) is 5.45. The minimum absolute atomic E-state index is 0.0525. The smallest absolute Gasteiger partial charge is 0.340 e. The minimum atomic E-state index is -0.385. The van der Waals surface area contributed by atoms with Crippen LogP contribution in [0.4, 0.5) is 5.69 Å². The van der Waals surface area contributed by atoms with Crippen LogP contribution in [-0.2, 0) is 9.53 Å². The largest absolute Gasteiger partial charge is 0.462 e. The van der Waals surface area contributed by atoms with Crippen molar-refractivity contribution < 1.29 is 18.8 Å². The predicted octanol–water partition coefficient (Wildman–Crippen LogP) is 3.27. The van der Waals surface area contributed by atoms with E-state index in [1.54, 1.807) is 13.0 Å². The molecule has 1 aromatic rings. The number of quaternary nitrogens is 1. The van der Waals surface area contributed by atoms with Crippen molar-refractivity contribution in [2.45, 2.75) is 51.5 Å². The lowest BCUT2D eigenvalue weighted by Gasteiger charge is -2.44. The maximum Gasteiger partial charge on any atom is 0.340 e. The molecular formula is C20H29N2O3+. The number of esters is 1. The highest BCUT2D eigenvalue weighted by Gasteiger charge is 2.64. The van der Waals surface area contributed by atoms with Gasteiger partial charge in [-0.05, 0) is 44.7 Å². The van der Waals surface area contributed by atoms with E-state index >= 15 is 0 Å². The van der Waals surface area contributed by atoms with Crippen molar-refractivity contribution in [1.82, 2.24) is 0 Å². The van der Waals surface area contributed by atoms with E-state index in [4.69, 9.17) is 4.74 Å². The molecule has 136 valence electrons. The highest BCUT2D eigenvalue weighted by Crippen LogP contribution is 2.48. The molecule has 25 heavy (non-hydrogen) atoms. The molecule has 1 aromatic carbocycles. The summed E-state index contributed by atoms with van der Waals surface area (Å²) in [4.78, 5) is 25.5. The lowest BCUT2D eigenvalue weighted by Crippen LogP contribution is -2.61. The van der Waals surface area contributed by atoms with Crippen LogP contribution in [0.1, 0.15) is 54.9 Å². The number of para-hydroxylation sites is 1. The van der Waals surface area contributed by atoms with Gasteiger partial charge in [-0.25, -0.2) is 4.79 Å². The summed E-state index contributed by atoms with van der Waals surface area (Å²) in [6.07, 6.45) is 5.48. The second-order valence-electron chi connectivity index (χ2n) is 7.61. The van der Waals surface area contributed by atoms with Gasteiger partial charge >= 0.3 is 5.97 Å². The summed E-state index contributed by atoms with van der Waals surface area (Å²) in [6.45, 7) is 6.14. The molecule has 1 saturated carbocycles. The van der Waals surface area contributed by atoms with Gasteiger partial charge in [0.2, 0.25) is 0 Å². The van der Waals surface area contributed by atoms with Crippen molar-refractivity contribution in [3.05, 3.63) is 29.3 Å². The topological polar surface area (TPSA) is 55.4 Å². The van der Waals surface area contributed by atoms with E-state index in [9.17, 15) is 9.59 Å². The van der Waals surface area contributed by atoms with Crippen molar-refractivity contribution in [3.63, 3.8) is 0 Å². The molecule has 3 rings (SSSR count). The van der Waals surface area contributed by atoms with Crippen LogP contribution in [0, 0.1) is 6.92 Å². The monoisotopic (exact) mass is 345 g/mol. The third kappa shape index (κ3) is 3.17. The molecule has 2 aliphatic rings. The van der Waals surface area contributed by atoms with Crippen molar-refractivity contribution in [2.75, 3.05) is 32.1 Å². The number of hydrogen-bond acceptors (Lipinski definition) is 3. The Morgan fingerprint density at radius 2 is 1.88 bits per heavy atom. The molecule has 5 nitrogen and oxygen atoms in total. The molecule has 0 unspecified atom stereocenters. The molecule has 1 amide bonds. The fourth-order valence-corrected chi connectivity index (χ4v) is 4.21.